The molecule has 110 valence electrons. The van der Waals surface area contributed by atoms with E-state index in [0.29, 0.717) is 6.61 Å². The molecule has 5 nitrogen and oxygen atoms in total. The molecule has 0 aliphatic rings. The van der Waals surface area contributed by atoms with Gasteiger partial charge < -0.3 is 14.4 Å². The zero-order valence-electron chi connectivity index (χ0n) is 11.2. The Hall–Kier alpha value is -1.15. The molecule has 1 N–H and O–H groups in total. The Morgan fingerprint density at radius 2 is 1.95 bits per heavy atom. The van der Waals surface area contributed by atoms with Gasteiger partial charge in [0.1, 0.15) is 5.60 Å². The van der Waals surface area contributed by atoms with Crippen molar-refractivity contribution < 1.29 is 27.5 Å². The minimum atomic E-state index is -4.73. The number of halogens is 3. The van der Waals surface area contributed by atoms with Crippen molar-refractivity contribution in [1.29, 1.82) is 0 Å². The van der Waals surface area contributed by atoms with Crippen LogP contribution in [0.25, 0.3) is 0 Å². The maximum absolute atomic E-state index is 12.4. The van der Waals surface area contributed by atoms with Crippen LogP contribution in [-0.4, -0.2) is 34.1 Å². The summed E-state index contributed by atoms with van der Waals surface area (Å²) >= 11 is 0. The number of hydrogen-bond donors (Lipinski definition) is 1. The van der Waals surface area contributed by atoms with Gasteiger partial charge in [-0.1, -0.05) is 12.1 Å². The molecule has 0 fully saturated rings. The summed E-state index contributed by atoms with van der Waals surface area (Å²) in [4.78, 5) is 3.87. The fraction of sp³-hybridized carbons (Fsp3) is 0.818. The predicted octanol–water partition coefficient (Wildman–Crippen LogP) is 2.37. The van der Waals surface area contributed by atoms with E-state index in [1.807, 2.05) is 0 Å². The first-order valence-electron chi connectivity index (χ1n) is 5.82. The third-order valence-corrected chi connectivity index (χ3v) is 2.68. The van der Waals surface area contributed by atoms with Crippen molar-refractivity contribution in [3.63, 3.8) is 0 Å². The SMILES string of the molecule is CCOC(C)(C)c1noc(C(C)C(O)C(F)(F)F)n1. The van der Waals surface area contributed by atoms with Gasteiger partial charge in [-0.3, -0.25) is 0 Å². The van der Waals surface area contributed by atoms with Gasteiger partial charge >= 0.3 is 6.18 Å². The van der Waals surface area contributed by atoms with Gasteiger partial charge in [0.25, 0.3) is 0 Å². The third-order valence-electron chi connectivity index (χ3n) is 2.68. The normalized spacial score (nSPS) is 16.4. The molecule has 2 unspecified atom stereocenters. The first kappa shape index (κ1) is 15.9. The summed E-state index contributed by atoms with van der Waals surface area (Å²) in [6.45, 7) is 6.70. The zero-order valence-corrected chi connectivity index (χ0v) is 11.2. The second-order valence-electron chi connectivity index (χ2n) is 4.67. The molecule has 8 heteroatoms. The van der Waals surface area contributed by atoms with Gasteiger partial charge in [-0.2, -0.15) is 18.2 Å². The first-order valence-corrected chi connectivity index (χ1v) is 5.82. The molecule has 0 bridgehead atoms. The van der Waals surface area contributed by atoms with Gasteiger partial charge in [0, 0.05) is 6.61 Å². The molecule has 1 aromatic rings. The quantitative estimate of drug-likeness (QED) is 0.898. The summed E-state index contributed by atoms with van der Waals surface area (Å²) in [5, 5.41) is 12.7. The fourth-order valence-corrected chi connectivity index (χ4v) is 1.51. The highest BCUT2D eigenvalue weighted by molar-refractivity contribution is 5.02. The first-order chi connectivity index (χ1) is 8.59. The number of aromatic nitrogens is 2. The van der Waals surface area contributed by atoms with Gasteiger partial charge in [0.2, 0.25) is 11.7 Å². The Morgan fingerprint density at radius 3 is 2.42 bits per heavy atom. The Morgan fingerprint density at radius 1 is 1.37 bits per heavy atom. The molecule has 0 amide bonds. The molecule has 0 saturated carbocycles. The van der Waals surface area contributed by atoms with Gasteiger partial charge in [-0.25, -0.2) is 0 Å². The molecule has 2 atom stereocenters. The molecule has 0 radical (unpaired) electrons. The largest absolute Gasteiger partial charge is 0.415 e. The van der Waals surface area contributed by atoms with Gasteiger partial charge in [0.05, 0.1) is 5.92 Å². The maximum Gasteiger partial charge on any atom is 0.415 e. The molecule has 0 aromatic carbocycles. The van der Waals surface area contributed by atoms with Gasteiger partial charge in [0.15, 0.2) is 6.10 Å². The average Bonchev–Trinajstić information content (AvgIpc) is 2.75. The highest BCUT2D eigenvalue weighted by Gasteiger charge is 2.44. The Labute approximate surface area is 108 Å². The highest BCUT2D eigenvalue weighted by atomic mass is 19.4. The Bertz CT molecular complexity index is 418. The monoisotopic (exact) mass is 282 g/mol. The number of hydrogen-bond acceptors (Lipinski definition) is 5. The van der Waals surface area contributed by atoms with Crippen LogP contribution >= 0.6 is 0 Å². The third kappa shape index (κ3) is 3.66. The van der Waals surface area contributed by atoms with Crippen LogP contribution in [0.2, 0.25) is 0 Å². The smallest absolute Gasteiger partial charge is 0.383 e. The molecule has 1 rings (SSSR count). The average molecular weight is 282 g/mol. The van der Waals surface area contributed by atoms with Crippen LogP contribution in [0.4, 0.5) is 13.2 Å². The van der Waals surface area contributed by atoms with Crippen molar-refractivity contribution in [3.05, 3.63) is 11.7 Å². The van der Waals surface area contributed by atoms with Crippen molar-refractivity contribution >= 4 is 0 Å². The van der Waals surface area contributed by atoms with Crippen LogP contribution in [0.3, 0.4) is 0 Å². The molecular formula is C11H17F3N2O3. The summed E-state index contributed by atoms with van der Waals surface area (Å²) in [5.41, 5.74) is -0.862. The lowest BCUT2D eigenvalue weighted by molar-refractivity contribution is -0.210. The van der Waals surface area contributed by atoms with Crippen LogP contribution < -0.4 is 0 Å². The van der Waals surface area contributed by atoms with Crippen molar-refractivity contribution in [1.82, 2.24) is 10.1 Å². The highest BCUT2D eigenvalue weighted by Crippen LogP contribution is 2.31. The Kier molecular flexibility index (Phi) is 4.57. The van der Waals surface area contributed by atoms with E-state index in [0.717, 1.165) is 0 Å². The maximum atomic E-state index is 12.4. The van der Waals surface area contributed by atoms with Crippen molar-refractivity contribution in [2.75, 3.05) is 6.61 Å². The van der Waals surface area contributed by atoms with Crippen LogP contribution in [0.15, 0.2) is 4.52 Å². The van der Waals surface area contributed by atoms with Crippen LogP contribution in [0.5, 0.6) is 0 Å². The minimum absolute atomic E-state index is 0.144. The van der Waals surface area contributed by atoms with E-state index >= 15 is 0 Å². The Balaban J connectivity index is 2.91. The second-order valence-corrected chi connectivity index (χ2v) is 4.67. The fourth-order valence-electron chi connectivity index (χ4n) is 1.51. The van der Waals surface area contributed by atoms with Crippen molar-refractivity contribution in [2.45, 2.75) is 51.5 Å². The lowest BCUT2D eigenvalue weighted by atomic mass is 10.0. The van der Waals surface area contributed by atoms with Crippen LogP contribution in [-0.2, 0) is 10.3 Å². The molecule has 0 saturated heterocycles. The van der Waals surface area contributed by atoms with Crippen LogP contribution in [0, 0.1) is 0 Å². The van der Waals surface area contributed by atoms with Crippen LogP contribution in [0.1, 0.15) is 45.3 Å². The molecule has 0 aliphatic carbocycles. The molecule has 1 heterocycles. The summed E-state index contributed by atoms with van der Waals surface area (Å²) in [7, 11) is 0. The van der Waals surface area contributed by atoms with E-state index in [1.54, 1.807) is 20.8 Å². The summed E-state index contributed by atoms with van der Waals surface area (Å²) in [5.74, 6) is -1.46. The number of aliphatic hydroxyl groups is 1. The standard InChI is InChI=1S/C11H17F3N2O3/c1-5-18-10(3,4)9-15-8(19-16-9)6(2)7(17)11(12,13)14/h6-7,17H,5H2,1-4H3. The number of nitrogens with zero attached hydrogens (tertiary/aromatic N) is 2. The van der Waals surface area contributed by atoms with E-state index in [-0.39, 0.29) is 11.7 Å². The second kappa shape index (κ2) is 5.46. The summed E-state index contributed by atoms with van der Waals surface area (Å²) in [6, 6.07) is 0. The number of alkyl halides is 3. The van der Waals surface area contributed by atoms with Crippen molar-refractivity contribution in [3.8, 4) is 0 Å². The number of rotatable bonds is 5. The van der Waals surface area contributed by atoms with E-state index in [4.69, 9.17) is 14.4 Å². The molecule has 0 aliphatic heterocycles. The van der Waals surface area contributed by atoms with E-state index in [9.17, 15) is 13.2 Å². The van der Waals surface area contributed by atoms with Gasteiger partial charge in [-0.05, 0) is 20.8 Å². The minimum Gasteiger partial charge on any atom is -0.383 e. The van der Waals surface area contributed by atoms with Gasteiger partial charge in [-0.15, -0.1) is 0 Å². The molecule has 0 spiro atoms. The lowest BCUT2D eigenvalue weighted by Crippen LogP contribution is -2.33. The lowest BCUT2D eigenvalue weighted by Gasteiger charge is -2.20. The van der Waals surface area contributed by atoms with E-state index in [1.165, 1.54) is 6.92 Å². The van der Waals surface area contributed by atoms with E-state index in [2.05, 4.69) is 10.1 Å². The molecular weight excluding hydrogens is 265 g/mol. The summed E-state index contributed by atoms with van der Waals surface area (Å²) < 4.78 is 47.3. The number of ether oxygens (including phenoxy) is 1. The summed E-state index contributed by atoms with van der Waals surface area (Å²) in [6.07, 6.45) is -7.28. The number of aliphatic hydroxyl groups excluding tert-OH is 1. The molecule has 19 heavy (non-hydrogen) atoms. The van der Waals surface area contributed by atoms with Crippen molar-refractivity contribution in [2.24, 2.45) is 0 Å². The predicted molar refractivity (Wildman–Crippen MR) is 59.4 cm³/mol. The van der Waals surface area contributed by atoms with E-state index < -0.39 is 23.8 Å². The molecule has 1 aromatic heterocycles. The topological polar surface area (TPSA) is 68.4 Å². The zero-order chi connectivity index (χ0) is 14.8.